The summed E-state index contributed by atoms with van der Waals surface area (Å²) in [6.07, 6.45) is 2.01. The molecule has 1 amide bonds. The van der Waals surface area contributed by atoms with Crippen molar-refractivity contribution in [1.29, 1.82) is 0 Å². The summed E-state index contributed by atoms with van der Waals surface area (Å²) < 4.78 is 5.53. The van der Waals surface area contributed by atoms with Crippen molar-refractivity contribution < 1.29 is 9.53 Å². The average Bonchev–Trinajstić information content (AvgIpc) is 2.82. The minimum Gasteiger partial charge on any atom is -0.444 e. The van der Waals surface area contributed by atoms with Gasteiger partial charge in [-0.05, 0) is 50.5 Å². The first-order valence-electron chi connectivity index (χ1n) is 9.52. The highest BCUT2D eigenvalue weighted by atomic mass is 16.6. The highest BCUT2D eigenvalue weighted by Crippen LogP contribution is 2.45. The van der Waals surface area contributed by atoms with E-state index in [4.69, 9.17) is 4.74 Å². The number of hydrogen-bond donors (Lipinski definition) is 0. The van der Waals surface area contributed by atoms with Crippen LogP contribution in [0.15, 0.2) is 30.3 Å². The molecule has 2 fully saturated rings. The van der Waals surface area contributed by atoms with Crippen LogP contribution in [0, 0.1) is 11.3 Å². The van der Waals surface area contributed by atoms with Crippen LogP contribution in [0.25, 0.3) is 0 Å². The highest BCUT2D eigenvalue weighted by Gasteiger charge is 2.46. The first kappa shape index (κ1) is 18.2. The van der Waals surface area contributed by atoms with Gasteiger partial charge in [-0.3, -0.25) is 4.90 Å². The maximum atomic E-state index is 12.3. The van der Waals surface area contributed by atoms with Crippen molar-refractivity contribution in [3.8, 4) is 0 Å². The SMILES string of the molecule is CC1CN(Cc2ccccc2)CC12CCN(C(=O)OC(C)(C)C)CC2. The number of carbonyl (C=O) groups excluding carboxylic acids is 1. The van der Waals surface area contributed by atoms with E-state index in [2.05, 4.69) is 42.2 Å². The molecule has 0 saturated carbocycles. The van der Waals surface area contributed by atoms with Crippen molar-refractivity contribution in [2.24, 2.45) is 11.3 Å². The highest BCUT2D eigenvalue weighted by molar-refractivity contribution is 5.68. The van der Waals surface area contributed by atoms with Gasteiger partial charge in [0.15, 0.2) is 0 Å². The summed E-state index contributed by atoms with van der Waals surface area (Å²) in [6.45, 7) is 13.1. The first-order chi connectivity index (χ1) is 11.8. The van der Waals surface area contributed by atoms with Crippen LogP contribution >= 0.6 is 0 Å². The van der Waals surface area contributed by atoms with Gasteiger partial charge in [0.2, 0.25) is 0 Å². The number of likely N-dealkylation sites (tertiary alicyclic amines) is 2. The van der Waals surface area contributed by atoms with Gasteiger partial charge in [0.05, 0.1) is 0 Å². The van der Waals surface area contributed by atoms with Gasteiger partial charge < -0.3 is 9.64 Å². The van der Waals surface area contributed by atoms with Crippen LogP contribution in [0.3, 0.4) is 0 Å². The third kappa shape index (κ3) is 4.35. The van der Waals surface area contributed by atoms with Gasteiger partial charge in [0.25, 0.3) is 0 Å². The van der Waals surface area contributed by atoms with Gasteiger partial charge in [-0.15, -0.1) is 0 Å². The number of benzene rings is 1. The molecule has 1 aromatic rings. The molecular weight excluding hydrogens is 312 g/mol. The van der Waals surface area contributed by atoms with E-state index in [1.54, 1.807) is 0 Å². The van der Waals surface area contributed by atoms with E-state index in [1.165, 1.54) is 5.56 Å². The van der Waals surface area contributed by atoms with Gasteiger partial charge in [-0.1, -0.05) is 37.3 Å². The Hall–Kier alpha value is -1.55. The fourth-order valence-corrected chi connectivity index (χ4v) is 4.32. The number of amides is 1. The van der Waals surface area contributed by atoms with E-state index in [0.29, 0.717) is 11.3 Å². The van der Waals surface area contributed by atoms with Crippen LogP contribution in [-0.4, -0.2) is 47.7 Å². The lowest BCUT2D eigenvalue weighted by Crippen LogP contribution is -2.47. The Bertz CT molecular complexity index is 586. The molecule has 138 valence electrons. The van der Waals surface area contributed by atoms with Gasteiger partial charge in [0, 0.05) is 32.7 Å². The van der Waals surface area contributed by atoms with Crippen LogP contribution in [-0.2, 0) is 11.3 Å². The lowest BCUT2D eigenvalue weighted by molar-refractivity contribution is 0.00677. The number of ether oxygens (including phenoxy) is 1. The van der Waals surface area contributed by atoms with Crippen molar-refractivity contribution in [2.45, 2.75) is 52.7 Å². The van der Waals surface area contributed by atoms with E-state index in [-0.39, 0.29) is 6.09 Å². The minimum absolute atomic E-state index is 0.158. The summed E-state index contributed by atoms with van der Waals surface area (Å²) in [5, 5.41) is 0. The summed E-state index contributed by atoms with van der Waals surface area (Å²) in [5.74, 6) is 0.678. The largest absolute Gasteiger partial charge is 0.444 e. The number of hydrogen-bond acceptors (Lipinski definition) is 3. The molecule has 1 atom stereocenters. The zero-order valence-corrected chi connectivity index (χ0v) is 16.1. The third-order valence-corrected chi connectivity index (χ3v) is 5.78. The maximum absolute atomic E-state index is 12.3. The lowest BCUT2D eigenvalue weighted by Gasteiger charge is -2.42. The number of piperidine rings is 1. The number of carbonyl (C=O) groups is 1. The molecule has 0 radical (unpaired) electrons. The smallest absolute Gasteiger partial charge is 0.410 e. The molecule has 1 spiro atoms. The molecule has 2 saturated heterocycles. The second-order valence-electron chi connectivity index (χ2n) is 8.89. The Morgan fingerprint density at radius 2 is 1.84 bits per heavy atom. The molecule has 1 unspecified atom stereocenters. The standard InChI is InChI=1S/C21H32N2O2/c1-17-14-22(15-18-8-6-5-7-9-18)16-21(17)10-12-23(13-11-21)19(24)25-20(2,3)4/h5-9,17H,10-16H2,1-4H3. The maximum Gasteiger partial charge on any atom is 0.410 e. The fourth-order valence-electron chi connectivity index (χ4n) is 4.32. The fraction of sp³-hybridized carbons (Fsp3) is 0.667. The molecule has 4 nitrogen and oxygen atoms in total. The normalized spacial score (nSPS) is 23.8. The quantitative estimate of drug-likeness (QED) is 0.808. The molecule has 2 aliphatic heterocycles. The van der Waals surface area contributed by atoms with E-state index in [0.717, 1.165) is 45.6 Å². The topological polar surface area (TPSA) is 32.8 Å². The zero-order valence-electron chi connectivity index (χ0n) is 16.1. The van der Waals surface area contributed by atoms with Crippen LogP contribution < -0.4 is 0 Å². The lowest BCUT2D eigenvalue weighted by atomic mass is 9.72. The van der Waals surface area contributed by atoms with Crippen molar-refractivity contribution in [3.05, 3.63) is 35.9 Å². The molecular formula is C21H32N2O2. The second-order valence-corrected chi connectivity index (χ2v) is 8.89. The minimum atomic E-state index is -0.417. The summed E-state index contributed by atoms with van der Waals surface area (Å²) in [7, 11) is 0. The summed E-state index contributed by atoms with van der Waals surface area (Å²) in [6, 6.07) is 10.7. The molecule has 0 aromatic heterocycles. The Labute approximate surface area is 152 Å². The van der Waals surface area contributed by atoms with E-state index in [1.807, 2.05) is 25.7 Å². The molecule has 2 heterocycles. The molecule has 3 rings (SSSR count). The van der Waals surface area contributed by atoms with Crippen molar-refractivity contribution in [1.82, 2.24) is 9.80 Å². The van der Waals surface area contributed by atoms with Crippen molar-refractivity contribution >= 4 is 6.09 Å². The van der Waals surface area contributed by atoms with E-state index < -0.39 is 5.60 Å². The molecule has 25 heavy (non-hydrogen) atoms. The van der Waals surface area contributed by atoms with Crippen LogP contribution in [0.2, 0.25) is 0 Å². The Morgan fingerprint density at radius 3 is 2.44 bits per heavy atom. The van der Waals surface area contributed by atoms with Gasteiger partial charge in [-0.25, -0.2) is 4.79 Å². The molecule has 2 aliphatic rings. The second kappa shape index (κ2) is 6.99. The van der Waals surface area contributed by atoms with Gasteiger partial charge in [0.1, 0.15) is 5.60 Å². The molecule has 0 aliphatic carbocycles. The summed E-state index contributed by atoms with van der Waals surface area (Å²) in [5.41, 5.74) is 1.32. The first-order valence-corrected chi connectivity index (χ1v) is 9.52. The Morgan fingerprint density at radius 1 is 1.20 bits per heavy atom. The van der Waals surface area contributed by atoms with Crippen LogP contribution in [0.5, 0.6) is 0 Å². The zero-order chi connectivity index (χ0) is 18.1. The monoisotopic (exact) mass is 344 g/mol. The number of rotatable bonds is 2. The van der Waals surface area contributed by atoms with E-state index >= 15 is 0 Å². The molecule has 4 heteroatoms. The van der Waals surface area contributed by atoms with Gasteiger partial charge in [-0.2, -0.15) is 0 Å². The van der Waals surface area contributed by atoms with Crippen molar-refractivity contribution in [2.75, 3.05) is 26.2 Å². The van der Waals surface area contributed by atoms with Gasteiger partial charge >= 0.3 is 6.09 Å². The predicted molar refractivity (Wildman–Crippen MR) is 100 cm³/mol. The Balaban J connectivity index is 1.56. The van der Waals surface area contributed by atoms with Crippen LogP contribution in [0.4, 0.5) is 4.79 Å². The average molecular weight is 344 g/mol. The predicted octanol–water partition coefficient (Wildman–Crippen LogP) is 4.16. The molecule has 0 N–H and O–H groups in total. The number of nitrogens with zero attached hydrogens (tertiary/aromatic N) is 2. The van der Waals surface area contributed by atoms with Crippen molar-refractivity contribution in [3.63, 3.8) is 0 Å². The molecule has 0 bridgehead atoms. The summed E-state index contributed by atoms with van der Waals surface area (Å²) in [4.78, 5) is 16.8. The molecule has 1 aromatic carbocycles. The van der Waals surface area contributed by atoms with E-state index in [9.17, 15) is 4.79 Å². The Kier molecular flexibility index (Phi) is 5.10. The van der Waals surface area contributed by atoms with Crippen LogP contribution in [0.1, 0.15) is 46.1 Å². The third-order valence-electron chi connectivity index (χ3n) is 5.78. The summed E-state index contributed by atoms with van der Waals surface area (Å²) >= 11 is 0.